The topological polar surface area (TPSA) is 92.2 Å². The predicted molar refractivity (Wildman–Crippen MR) is 91.1 cm³/mol. The molecule has 0 aliphatic carbocycles. The number of piperazine rings is 1. The second kappa shape index (κ2) is 6.47. The third-order valence-electron chi connectivity index (χ3n) is 4.97. The Balaban J connectivity index is 1.44. The highest BCUT2D eigenvalue weighted by atomic mass is 16.5. The van der Waals surface area contributed by atoms with Crippen molar-refractivity contribution in [3.8, 4) is 11.5 Å². The number of hydrogen-bond acceptors (Lipinski definition) is 6. The maximum Gasteiger partial charge on any atom is 0.251 e. The zero-order valence-electron chi connectivity index (χ0n) is 14.6. The van der Waals surface area contributed by atoms with Crippen LogP contribution in [-0.4, -0.2) is 74.4 Å². The highest BCUT2D eigenvalue weighted by Crippen LogP contribution is 2.23. The predicted octanol–water partition coefficient (Wildman–Crippen LogP) is 0.341. The first-order chi connectivity index (χ1) is 12.1. The van der Waals surface area contributed by atoms with Gasteiger partial charge in [0.05, 0.1) is 6.33 Å². The van der Waals surface area contributed by atoms with Gasteiger partial charge in [-0.15, -0.1) is 10.2 Å². The summed E-state index contributed by atoms with van der Waals surface area (Å²) in [5.74, 6) is 1.68. The monoisotopic (exact) mass is 345 g/mol. The SMILES string of the molecule is Cc1[nH]cnc1-c1nnc(N2CCN(C(=O)C3CCCO3)CC2)n1C. The Kier molecular flexibility index (Phi) is 4.16. The summed E-state index contributed by atoms with van der Waals surface area (Å²) in [5, 5.41) is 8.64. The maximum absolute atomic E-state index is 12.4. The van der Waals surface area contributed by atoms with Gasteiger partial charge in [0.25, 0.3) is 5.91 Å². The average Bonchev–Trinajstić information content (AvgIpc) is 3.36. The van der Waals surface area contributed by atoms with E-state index in [9.17, 15) is 4.79 Å². The quantitative estimate of drug-likeness (QED) is 0.862. The second-order valence-electron chi connectivity index (χ2n) is 6.57. The van der Waals surface area contributed by atoms with Gasteiger partial charge >= 0.3 is 0 Å². The molecule has 25 heavy (non-hydrogen) atoms. The van der Waals surface area contributed by atoms with Crippen LogP contribution in [0.4, 0.5) is 5.95 Å². The van der Waals surface area contributed by atoms with Gasteiger partial charge in [0.2, 0.25) is 5.95 Å². The molecule has 0 spiro atoms. The van der Waals surface area contributed by atoms with Gasteiger partial charge in [-0.1, -0.05) is 0 Å². The fourth-order valence-electron chi connectivity index (χ4n) is 3.49. The van der Waals surface area contributed by atoms with Crippen LogP contribution >= 0.6 is 0 Å². The van der Waals surface area contributed by atoms with Crippen molar-refractivity contribution in [2.24, 2.45) is 7.05 Å². The first-order valence-electron chi connectivity index (χ1n) is 8.70. The van der Waals surface area contributed by atoms with Gasteiger partial charge in [0, 0.05) is 45.5 Å². The Morgan fingerprint density at radius 1 is 1.28 bits per heavy atom. The number of ether oxygens (including phenoxy) is 1. The lowest BCUT2D eigenvalue weighted by Gasteiger charge is -2.35. The molecule has 2 aliphatic rings. The summed E-state index contributed by atoms with van der Waals surface area (Å²) < 4.78 is 7.47. The molecule has 1 N–H and O–H groups in total. The molecule has 2 aromatic heterocycles. The minimum atomic E-state index is -0.240. The number of aromatic nitrogens is 5. The summed E-state index contributed by atoms with van der Waals surface area (Å²) in [6.45, 7) is 5.51. The summed E-state index contributed by atoms with van der Waals surface area (Å²) >= 11 is 0. The summed E-state index contributed by atoms with van der Waals surface area (Å²) in [6, 6.07) is 0. The number of amides is 1. The Labute approximate surface area is 146 Å². The van der Waals surface area contributed by atoms with Crippen LogP contribution in [0.3, 0.4) is 0 Å². The van der Waals surface area contributed by atoms with Crippen molar-refractivity contribution in [3.05, 3.63) is 12.0 Å². The molecule has 2 aliphatic heterocycles. The summed E-state index contributed by atoms with van der Waals surface area (Å²) in [6.07, 6.45) is 3.24. The molecule has 2 aromatic rings. The van der Waals surface area contributed by atoms with Crippen LogP contribution in [0.15, 0.2) is 6.33 Å². The first kappa shape index (κ1) is 16.1. The van der Waals surface area contributed by atoms with E-state index in [0.29, 0.717) is 19.7 Å². The van der Waals surface area contributed by atoms with Gasteiger partial charge < -0.3 is 19.5 Å². The number of aromatic amines is 1. The van der Waals surface area contributed by atoms with E-state index in [4.69, 9.17) is 4.74 Å². The van der Waals surface area contributed by atoms with E-state index in [1.165, 1.54) is 0 Å². The molecule has 0 aromatic carbocycles. The van der Waals surface area contributed by atoms with Crippen LogP contribution < -0.4 is 4.90 Å². The van der Waals surface area contributed by atoms with Crippen molar-refractivity contribution < 1.29 is 9.53 Å². The third-order valence-corrected chi connectivity index (χ3v) is 4.97. The van der Waals surface area contributed by atoms with Crippen molar-refractivity contribution in [1.29, 1.82) is 0 Å². The molecule has 0 saturated carbocycles. The number of rotatable bonds is 3. The molecule has 0 bridgehead atoms. The van der Waals surface area contributed by atoms with Gasteiger partial charge in [-0.2, -0.15) is 0 Å². The molecular weight excluding hydrogens is 322 g/mol. The van der Waals surface area contributed by atoms with Crippen molar-refractivity contribution in [1.82, 2.24) is 29.6 Å². The number of carbonyl (C=O) groups is 1. The molecule has 1 atom stereocenters. The zero-order valence-corrected chi connectivity index (χ0v) is 14.6. The van der Waals surface area contributed by atoms with E-state index in [-0.39, 0.29) is 12.0 Å². The lowest BCUT2D eigenvalue weighted by atomic mass is 10.2. The number of carbonyl (C=O) groups excluding carboxylic acids is 1. The number of nitrogens with one attached hydrogen (secondary N) is 1. The van der Waals surface area contributed by atoms with Crippen molar-refractivity contribution in [2.45, 2.75) is 25.9 Å². The fourth-order valence-corrected chi connectivity index (χ4v) is 3.49. The molecule has 2 saturated heterocycles. The molecule has 134 valence electrons. The Bertz CT molecular complexity index is 754. The fraction of sp³-hybridized carbons (Fsp3) is 0.625. The summed E-state index contributed by atoms with van der Waals surface area (Å²) in [7, 11) is 1.95. The third kappa shape index (κ3) is 2.88. The van der Waals surface area contributed by atoms with Gasteiger partial charge in [0.15, 0.2) is 5.82 Å². The smallest absolute Gasteiger partial charge is 0.251 e. The molecule has 2 fully saturated rings. The number of hydrogen-bond donors (Lipinski definition) is 1. The van der Waals surface area contributed by atoms with E-state index < -0.39 is 0 Å². The van der Waals surface area contributed by atoms with Gasteiger partial charge in [-0.05, 0) is 19.8 Å². The van der Waals surface area contributed by atoms with Crippen LogP contribution in [0.5, 0.6) is 0 Å². The molecular formula is C16H23N7O2. The Hall–Kier alpha value is -2.42. The van der Waals surface area contributed by atoms with Gasteiger partial charge in [0.1, 0.15) is 11.8 Å². The summed E-state index contributed by atoms with van der Waals surface area (Å²) in [5.41, 5.74) is 1.78. The van der Waals surface area contributed by atoms with Gasteiger partial charge in [-0.25, -0.2) is 4.98 Å². The number of H-pyrrole nitrogens is 1. The Morgan fingerprint density at radius 3 is 2.72 bits per heavy atom. The number of nitrogens with zero attached hydrogens (tertiary/aromatic N) is 6. The van der Waals surface area contributed by atoms with E-state index in [1.54, 1.807) is 6.33 Å². The van der Waals surface area contributed by atoms with Crippen LogP contribution in [0, 0.1) is 6.92 Å². The molecule has 1 amide bonds. The van der Waals surface area contributed by atoms with Crippen LogP contribution in [-0.2, 0) is 16.6 Å². The highest BCUT2D eigenvalue weighted by molar-refractivity contribution is 5.81. The first-order valence-corrected chi connectivity index (χ1v) is 8.70. The van der Waals surface area contributed by atoms with Crippen molar-refractivity contribution in [2.75, 3.05) is 37.7 Å². The van der Waals surface area contributed by atoms with Crippen molar-refractivity contribution in [3.63, 3.8) is 0 Å². The minimum absolute atomic E-state index is 0.128. The number of aryl methyl sites for hydroxylation is 1. The molecule has 9 heteroatoms. The zero-order chi connectivity index (χ0) is 17.4. The van der Waals surface area contributed by atoms with E-state index in [0.717, 1.165) is 49.1 Å². The summed E-state index contributed by atoms with van der Waals surface area (Å²) in [4.78, 5) is 23.9. The van der Waals surface area contributed by atoms with Crippen LogP contribution in [0.25, 0.3) is 11.5 Å². The van der Waals surface area contributed by atoms with Crippen LogP contribution in [0.2, 0.25) is 0 Å². The molecule has 4 rings (SSSR count). The van der Waals surface area contributed by atoms with E-state index >= 15 is 0 Å². The van der Waals surface area contributed by atoms with Crippen molar-refractivity contribution >= 4 is 11.9 Å². The molecule has 0 radical (unpaired) electrons. The number of anilines is 1. The lowest BCUT2D eigenvalue weighted by molar-refractivity contribution is -0.141. The maximum atomic E-state index is 12.4. The Morgan fingerprint density at radius 2 is 2.08 bits per heavy atom. The average molecular weight is 345 g/mol. The minimum Gasteiger partial charge on any atom is -0.368 e. The largest absolute Gasteiger partial charge is 0.368 e. The standard InChI is InChI=1S/C16H23N7O2/c1-11-13(18-10-17-11)14-19-20-16(21(14)2)23-7-5-22(6-8-23)15(24)12-4-3-9-25-12/h10,12H,3-9H2,1-2H3,(H,17,18). The molecule has 9 nitrogen and oxygen atoms in total. The van der Waals surface area contributed by atoms with Gasteiger partial charge in [-0.3, -0.25) is 9.36 Å². The van der Waals surface area contributed by atoms with E-state index in [2.05, 4.69) is 25.1 Å². The lowest BCUT2D eigenvalue weighted by Crippen LogP contribution is -2.52. The molecule has 1 unspecified atom stereocenters. The van der Waals surface area contributed by atoms with E-state index in [1.807, 2.05) is 23.4 Å². The molecule has 4 heterocycles. The normalized spacial score (nSPS) is 21.1. The van der Waals surface area contributed by atoms with Crippen LogP contribution in [0.1, 0.15) is 18.5 Å². The highest BCUT2D eigenvalue weighted by Gasteiger charge is 2.31. The second-order valence-corrected chi connectivity index (χ2v) is 6.57. The number of imidazole rings is 1.